The lowest BCUT2D eigenvalue weighted by atomic mass is 10.2. The molecular formula is C8H6N6. The maximum atomic E-state index is 8.37. The van der Waals surface area contributed by atoms with Crippen molar-refractivity contribution in [3.8, 4) is 6.07 Å². The van der Waals surface area contributed by atoms with Gasteiger partial charge in [0.05, 0.1) is 17.1 Å². The number of nitrogens with zero attached hydrogens (tertiary/aromatic N) is 4. The minimum atomic E-state index is 0.348. The number of rotatable bonds is 1. The highest BCUT2D eigenvalue weighted by Gasteiger charge is 2.07. The molecule has 6 nitrogen and oxygen atoms in total. The van der Waals surface area contributed by atoms with Crippen LogP contribution in [0.1, 0.15) is 5.69 Å². The number of anilines is 1. The van der Waals surface area contributed by atoms with Gasteiger partial charge in [-0.1, -0.05) is 0 Å². The summed E-state index contributed by atoms with van der Waals surface area (Å²) in [6, 6.07) is 1.88. The Morgan fingerprint density at radius 3 is 3.14 bits per heavy atom. The van der Waals surface area contributed by atoms with Gasteiger partial charge in [-0.2, -0.15) is 10.4 Å². The highest BCUT2D eigenvalue weighted by molar-refractivity contribution is 5.92. The lowest BCUT2D eigenvalue weighted by molar-refractivity contribution is 1.08. The summed E-state index contributed by atoms with van der Waals surface area (Å²) in [5.74, 6) is 0.348. The number of hydrogen-bond donors (Lipinski definition) is 2. The number of aromatic nitrogens is 4. The average molecular weight is 186 g/mol. The number of nitrogen functional groups attached to an aromatic ring is 1. The first-order valence-corrected chi connectivity index (χ1v) is 3.83. The molecule has 0 atom stereocenters. The van der Waals surface area contributed by atoms with Crippen molar-refractivity contribution < 1.29 is 0 Å². The number of nitriles is 1. The van der Waals surface area contributed by atoms with Crippen LogP contribution in [0.25, 0.3) is 17.1 Å². The zero-order valence-corrected chi connectivity index (χ0v) is 7.10. The summed E-state index contributed by atoms with van der Waals surface area (Å²) in [4.78, 5) is 7.76. The van der Waals surface area contributed by atoms with Crippen LogP contribution in [0.5, 0.6) is 0 Å². The van der Waals surface area contributed by atoms with E-state index in [1.165, 1.54) is 12.4 Å². The molecule has 0 aliphatic carbocycles. The number of aromatic amines is 1. The fourth-order valence-electron chi connectivity index (χ4n) is 1.14. The molecule has 2 rings (SSSR count). The van der Waals surface area contributed by atoms with Gasteiger partial charge in [0.25, 0.3) is 0 Å². The lowest BCUT2D eigenvalue weighted by Crippen LogP contribution is -1.92. The second-order valence-electron chi connectivity index (χ2n) is 2.56. The summed E-state index contributed by atoms with van der Waals surface area (Å²) in [5, 5.41) is 15.6. The number of fused-ring (bicyclic) bond motifs is 1. The Morgan fingerprint density at radius 2 is 2.36 bits per heavy atom. The van der Waals surface area contributed by atoms with Crippen molar-refractivity contribution in [2.24, 2.45) is 0 Å². The third-order valence-electron chi connectivity index (χ3n) is 1.73. The second kappa shape index (κ2) is 3.14. The van der Waals surface area contributed by atoms with Gasteiger partial charge in [0.15, 0.2) is 5.65 Å². The molecule has 0 spiro atoms. The third kappa shape index (κ3) is 1.17. The van der Waals surface area contributed by atoms with E-state index < -0.39 is 0 Å². The van der Waals surface area contributed by atoms with Crippen molar-refractivity contribution in [3.05, 3.63) is 18.1 Å². The van der Waals surface area contributed by atoms with E-state index in [1.54, 1.807) is 6.08 Å². The fourth-order valence-corrected chi connectivity index (χ4v) is 1.14. The summed E-state index contributed by atoms with van der Waals surface area (Å²) < 4.78 is 0. The van der Waals surface area contributed by atoms with Crippen molar-refractivity contribution >= 4 is 22.9 Å². The van der Waals surface area contributed by atoms with E-state index >= 15 is 0 Å². The fraction of sp³-hybridized carbons (Fsp3) is 0. The Morgan fingerprint density at radius 1 is 1.50 bits per heavy atom. The van der Waals surface area contributed by atoms with Crippen molar-refractivity contribution in [1.82, 2.24) is 20.2 Å². The Hall–Kier alpha value is -2.42. The Kier molecular flexibility index (Phi) is 1.84. The lowest BCUT2D eigenvalue weighted by Gasteiger charge is -1.92. The SMILES string of the molecule is N#CC=Cc1[nH]nc2ncnc(N)c12. The summed E-state index contributed by atoms with van der Waals surface area (Å²) in [6.07, 6.45) is 4.25. The van der Waals surface area contributed by atoms with Gasteiger partial charge in [-0.3, -0.25) is 5.10 Å². The van der Waals surface area contributed by atoms with Crippen LogP contribution in [0.3, 0.4) is 0 Å². The molecule has 0 fully saturated rings. The topological polar surface area (TPSA) is 104 Å². The maximum absolute atomic E-state index is 8.37. The first-order chi connectivity index (χ1) is 6.83. The van der Waals surface area contributed by atoms with Gasteiger partial charge in [-0.15, -0.1) is 0 Å². The van der Waals surface area contributed by atoms with Gasteiger partial charge in [-0.25, -0.2) is 9.97 Å². The van der Waals surface area contributed by atoms with Crippen LogP contribution in [-0.4, -0.2) is 20.2 Å². The molecular weight excluding hydrogens is 180 g/mol. The molecule has 0 aromatic carbocycles. The minimum Gasteiger partial charge on any atom is -0.383 e. The molecule has 0 aliphatic rings. The van der Waals surface area contributed by atoms with Gasteiger partial charge >= 0.3 is 0 Å². The van der Waals surface area contributed by atoms with E-state index in [9.17, 15) is 0 Å². The Labute approximate surface area is 79.1 Å². The molecule has 2 aromatic rings. The van der Waals surface area contributed by atoms with E-state index in [-0.39, 0.29) is 0 Å². The van der Waals surface area contributed by atoms with E-state index in [0.717, 1.165) is 0 Å². The van der Waals surface area contributed by atoms with Crippen LogP contribution >= 0.6 is 0 Å². The first kappa shape index (κ1) is 8.19. The normalized spacial score (nSPS) is 10.8. The van der Waals surface area contributed by atoms with E-state index in [1.807, 2.05) is 6.07 Å². The molecule has 0 saturated heterocycles. The van der Waals surface area contributed by atoms with Gasteiger partial charge in [0.2, 0.25) is 0 Å². The number of allylic oxidation sites excluding steroid dienone is 1. The number of nitrogens with two attached hydrogens (primary N) is 1. The maximum Gasteiger partial charge on any atom is 0.186 e. The molecule has 3 N–H and O–H groups in total. The molecule has 0 radical (unpaired) electrons. The molecule has 6 heteroatoms. The highest BCUT2D eigenvalue weighted by Crippen LogP contribution is 2.19. The first-order valence-electron chi connectivity index (χ1n) is 3.83. The summed E-state index contributed by atoms with van der Waals surface area (Å²) >= 11 is 0. The van der Waals surface area contributed by atoms with Crippen LogP contribution in [0, 0.1) is 11.3 Å². The summed E-state index contributed by atoms with van der Waals surface area (Å²) in [6.45, 7) is 0. The molecule has 68 valence electrons. The molecule has 0 bridgehead atoms. The van der Waals surface area contributed by atoms with Crippen LogP contribution in [0.4, 0.5) is 5.82 Å². The molecule has 2 aromatic heterocycles. The Bertz CT molecular complexity index is 532. The number of nitrogens with one attached hydrogen (secondary N) is 1. The standard InChI is InChI=1S/C8H6N6/c9-3-1-2-5-6-7(10)11-4-12-8(6)14-13-5/h1-2,4H,(H3,10,11,12,13,14). The summed E-state index contributed by atoms with van der Waals surface area (Å²) in [7, 11) is 0. The van der Waals surface area contributed by atoms with Crippen molar-refractivity contribution in [2.45, 2.75) is 0 Å². The van der Waals surface area contributed by atoms with Crippen LogP contribution in [0.2, 0.25) is 0 Å². The van der Waals surface area contributed by atoms with Crippen molar-refractivity contribution in [2.75, 3.05) is 5.73 Å². The van der Waals surface area contributed by atoms with Gasteiger partial charge in [0, 0.05) is 6.08 Å². The zero-order valence-electron chi connectivity index (χ0n) is 7.10. The van der Waals surface area contributed by atoms with Crippen LogP contribution < -0.4 is 5.73 Å². The summed E-state index contributed by atoms with van der Waals surface area (Å²) in [5.41, 5.74) is 6.78. The monoisotopic (exact) mass is 186 g/mol. The van der Waals surface area contributed by atoms with Crippen molar-refractivity contribution in [1.29, 1.82) is 5.26 Å². The van der Waals surface area contributed by atoms with Crippen LogP contribution in [-0.2, 0) is 0 Å². The molecule has 0 unspecified atom stereocenters. The number of H-pyrrole nitrogens is 1. The highest BCUT2D eigenvalue weighted by atomic mass is 15.2. The molecule has 0 saturated carbocycles. The smallest absolute Gasteiger partial charge is 0.186 e. The van der Waals surface area contributed by atoms with Crippen molar-refractivity contribution in [3.63, 3.8) is 0 Å². The largest absolute Gasteiger partial charge is 0.383 e. The van der Waals surface area contributed by atoms with E-state index in [0.29, 0.717) is 22.5 Å². The average Bonchev–Trinajstić information content (AvgIpc) is 2.59. The molecule has 2 heterocycles. The van der Waals surface area contributed by atoms with Gasteiger partial charge < -0.3 is 5.73 Å². The molecule has 0 amide bonds. The third-order valence-corrected chi connectivity index (χ3v) is 1.73. The van der Waals surface area contributed by atoms with Gasteiger partial charge in [0.1, 0.15) is 12.1 Å². The van der Waals surface area contributed by atoms with Gasteiger partial charge in [-0.05, 0) is 6.08 Å². The van der Waals surface area contributed by atoms with E-state index in [2.05, 4.69) is 20.2 Å². The quantitative estimate of drug-likeness (QED) is 0.630. The molecule has 0 aliphatic heterocycles. The predicted molar refractivity (Wildman–Crippen MR) is 50.7 cm³/mol. The van der Waals surface area contributed by atoms with Crippen LogP contribution in [0.15, 0.2) is 12.4 Å². The zero-order chi connectivity index (χ0) is 9.97. The van der Waals surface area contributed by atoms with E-state index in [4.69, 9.17) is 11.0 Å². The molecule has 14 heavy (non-hydrogen) atoms. The Balaban J connectivity index is 2.68. The second-order valence-corrected chi connectivity index (χ2v) is 2.56. The predicted octanol–water partition coefficient (Wildman–Crippen LogP) is 0.472. The number of hydrogen-bond acceptors (Lipinski definition) is 5. The minimum absolute atomic E-state index is 0.348.